The average Bonchev–Trinajstić information content (AvgIpc) is 2.87. The van der Waals surface area contributed by atoms with Gasteiger partial charge in [0.1, 0.15) is 0 Å². The van der Waals surface area contributed by atoms with Crippen LogP contribution in [0.1, 0.15) is 78.4 Å². The van der Waals surface area contributed by atoms with E-state index in [0.717, 1.165) is 65.1 Å². The highest BCUT2D eigenvalue weighted by Gasteiger charge is 2.52. The molecule has 0 aromatic heterocycles. The molecule has 2 aromatic rings. The zero-order chi connectivity index (χ0) is 26.6. The molecular weight excluding hydrogens is 460 g/mol. The molecule has 0 N–H and O–H groups in total. The van der Waals surface area contributed by atoms with Gasteiger partial charge in [0, 0.05) is 17.3 Å². The van der Waals surface area contributed by atoms with E-state index in [-0.39, 0.29) is 22.0 Å². The predicted octanol–water partition coefficient (Wildman–Crippen LogP) is 7.62. The summed E-state index contributed by atoms with van der Waals surface area (Å²) < 4.78 is 24.1. The number of hydrogen-bond acceptors (Lipinski definition) is 4. The highest BCUT2D eigenvalue weighted by atomic mass is 16.5. The molecule has 2 atom stereocenters. The van der Waals surface area contributed by atoms with Crippen LogP contribution >= 0.6 is 0 Å². The Balaban J connectivity index is 1.34. The van der Waals surface area contributed by atoms with Gasteiger partial charge in [-0.25, -0.2) is 0 Å². The standard InChI is InChI=1S/C33H48O4/c1-7-30(5,37-23-32(9-3)21-34-22-32)19-26-11-15-28(16-12-26)29-17-13-27(14-18-29)20-36-31(6,8-2)33(10-4)24-35-25-33/h11-18H,7-10,19-25H2,1-6H3. The lowest BCUT2D eigenvalue weighted by Gasteiger charge is -2.53. The minimum atomic E-state index is -0.159. The van der Waals surface area contributed by atoms with Crippen molar-refractivity contribution in [3.8, 4) is 11.1 Å². The van der Waals surface area contributed by atoms with Crippen LogP contribution in [0.3, 0.4) is 0 Å². The van der Waals surface area contributed by atoms with Gasteiger partial charge in [-0.15, -0.1) is 0 Å². The van der Waals surface area contributed by atoms with Gasteiger partial charge in [-0.05, 0) is 61.8 Å². The van der Waals surface area contributed by atoms with E-state index in [1.807, 2.05) is 0 Å². The third-order valence-corrected chi connectivity index (χ3v) is 9.65. The summed E-state index contributed by atoms with van der Waals surface area (Å²) in [5.41, 5.74) is 5.05. The van der Waals surface area contributed by atoms with Crippen molar-refractivity contribution in [1.82, 2.24) is 0 Å². The van der Waals surface area contributed by atoms with E-state index in [4.69, 9.17) is 18.9 Å². The molecule has 4 heteroatoms. The quantitative estimate of drug-likeness (QED) is 0.263. The van der Waals surface area contributed by atoms with Crippen molar-refractivity contribution in [3.05, 3.63) is 59.7 Å². The Labute approximate surface area is 225 Å². The zero-order valence-electron chi connectivity index (χ0n) is 24.0. The van der Waals surface area contributed by atoms with Crippen LogP contribution in [0.2, 0.25) is 0 Å². The van der Waals surface area contributed by atoms with E-state index in [2.05, 4.69) is 90.1 Å². The van der Waals surface area contributed by atoms with Gasteiger partial charge in [0.15, 0.2) is 0 Å². The van der Waals surface area contributed by atoms with Crippen molar-refractivity contribution in [1.29, 1.82) is 0 Å². The third kappa shape index (κ3) is 5.98. The normalized spacial score (nSPS) is 21.4. The molecule has 0 amide bonds. The van der Waals surface area contributed by atoms with Gasteiger partial charge in [-0.3, -0.25) is 0 Å². The first kappa shape index (κ1) is 28.3. The van der Waals surface area contributed by atoms with Crippen LogP contribution in [0.5, 0.6) is 0 Å². The largest absolute Gasteiger partial charge is 0.380 e. The fourth-order valence-electron chi connectivity index (χ4n) is 5.53. The van der Waals surface area contributed by atoms with Crippen LogP contribution in [0.15, 0.2) is 48.5 Å². The second-order valence-electron chi connectivity index (χ2n) is 12.0. The lowest BCUT2D eigenvalue weighted by molar-refractivity contribution is -0.241. The molecule has 2 aliphatic heterocycles. The number of benzene rings is 2. The second-order valence-corrected chi connectivity index (χ2v) is 12.0. The number of ether oxygens (including phenoxy) is 4. The highest BCUT2D eigenvalue weighted by Crippen LogP contribution is 2.46. The first-order chi connectivity index (χ1) is 17.7. The molecule has 0 spiro atoms. The molecule has 2 unspecified atom stereocenters. The van der Waals surface area contributed by atoms with Gasteiger partial charge in [0.25, 0.3) is 0 Å². The molecule has 0 saturated carbocycles. The van der Waals surface area contributed by atoms with Crippen molar-refractivity contribution >= 4 is 0 Å². The molecule has 2 aliphatic rings. The van der Waals surface area contributed by atoms with E-state index < -0.39 is 0 Å². The first-order valence-corrected chi connectivity index (χ1v) is 14.4. The van der Waals surface area contributed by atoms with Gasteiger partial charge < -0.3 is 18.9 Å². The third-order valence-electron chi connectivity index (χ3n) is 9.65. The summed E-state index contributed by atoms with van der Waals surface area (Å²) in [4.78, 5) is 0. The Morgan fingerprint density at radius 3 is 1.68 bits per heavy atom. The fourth-order valence-corrected chi connectivity index (χ4v) is 5.53. The predicted molar refractivity (Wildman–Crippen MR) is 151 cm³/mol. The molecule has 0 bridgehead atoms. The van der Waals surface area contributed by atoms with E-state index in [9.17, 15) is 0 Å². The van der Waals surface area contributed by atoms with Crippen LogP contribution in [-0.2, 0) is 32.0 Å². The molecule has 2 heterocycles. The smallest absolute Gasteiger partial charge is 0.0756 e. The van der Waals surface area contributed by atoms with E-state index in [1.54, 1.807) is 0 Å². The molecule has 2 aromatic carbocycles. The van der Waals surface area contributed by atoms with E-state index >= 15 is 0 Å². The number of rotatable bonds is 14. The van der Waals surface area contributed by atoms with Gasteiger partial charge in [-0.1, -0.05) is 76.2 Å². The SMILES string of the molecule is CCC1(COC(C)(CC)Cc2ccc(-c3ccc(COC(C)(CC)C4(CC)COC4)cc3)cc2)COC1. The summed E-state index contributed by atoms with van der Waals surface area (Å²) in [6.07, 6.45) is 5.09. The van der Waals surface area contributed by atoms with Crippen molar-refractivity contribution in [2.24, 2.45) is 10.8 Å². The molecule has 0 aliphatic carbocycles. The number of hydrogen-bond donors (Lipinski definition) is 0. The Bertz CT molecular complexity index is 979. The average molecular weight is 509 g/mol. The summed E-state index contributed by atoms with van der Waals surface area (Å²) in [6.45, 7) is 18.1. The van der Waals surface area contributed by atoms with Crippen molar-refractivity contribution in [3.63, 3.8) is 0 Å². The first-order valence-electron chi connectivity index (χ1n) is 14.4. The maximum Gasteiger partial charge on any atom is 0.0756 e. The lowest BCUT2D eigenvalue weighted by atomic mass is 9.67. The summed E-state index contributed by atoms with van der Waals surface area (Å²) in [5, 5.41) is 0. The topological polar surface area (TPSA) is 36.9 Å². The van der Waals surface area contributed by atoms with Crippen LogP contribution in [0.25, 0.3) is 11.1 Å². The van der Waals surface area contributed by atoms with Crippen molar-refractivity contribution < 1.29 is 18.9 Å². The fraction of sp³-hybridized carbons (Fsp3) is 0.636. The van der Waals surface area contributed by atoms with Crippen molar-refractivity contribution in [2.75, 3.05) is 33.0 Å². The summed E-state index contributed by atoms with van der Waals surface area (Å²) in [7, 11) is 0. The minimum absolute atomic E-state index is 0.144. The zero-order valence-corrected chi connectivity index (χ0v) is 24.0. The summed E-state index contributed by atoms with van der Waals surface area (Å²) in [5.74, 6) is 0. The van der Waals surface area contributed by atoms with Crippen LogP contribution < -0.4 is 0 Å². The van der Waals surface area contributed by atoms with Crippen LogP contribution in [0.4, 0.5) is 0 Å². The van der Waals surface area contributed by atoms with E-state index in [0.29, 0.717) is 6.61 Å². The lowest BCUT2D eigenvalue weighted by Crippen LogP contribution is -2.59. The Kier molecular flexibility index (Phi) is 8.85. The minimum Gasteiger partial charge on any atom is -0.380 e. The maximum absolute atomic E-state index is 6.54. The molecule has 4 nitrogen and oxygen atoms in total. The monoisotopic (exact) mass is 508 g/mol. The van der Waals surface area contributed by atoms with Crippen molar-refractivity contribution in [2.45, 2.75) is 91.5 Å². The van der Waals surface area contributed by atoms with E-state index in [1.165, 1.54) is 22.3 Å². The van der Waals surface area contributed by atoms with Gasteiger partial charge in [0.2, 0.25) is 0 Å². The summed E-state index contributed by atoms with van der Waals surface area (Å²) >= 11 is 0. The maximum atomic E-state index is 6.54. The highest BCUT2D eigenvalue weighted by molar-refractivity contribution is 5.64. The molecule has 204 valence electrons. The molecule has 37 heavy (non-hydrogen) atoms. The Morgan fingerprint density at radius 1 is 0.703 bits per heavy atom. The molecule has 2 saturated heterocycles. The second kappa shape index (κ2) is 11.6. The van der Waals surface area contributed by atoms with Crippen LogP contribution in [0, 0.1) is 10.8 Å². The molecule has 2 fully saturated rings. The molecule has 0 radical (unpaired) electrons. The molecule has 4 rings (SSSR count). The summed E-state index contributed by atoms with van der Waals surface area (Å²) in [6, 6.07) is 17.8. The van der Waals surface area contributed by atoms with Crippen LogP contribution in [-0.4, -0.2) is 44.2 Å². The Morgan fingerprint density at radius 2 is 1.27 bits per heavy atom. The van der Waals surface area contributed by atoms with Gasteiger partial charge in [-0.2, -0.15) is 0 Å². The van der Waals surface area contributed by atoms with Gasteiger partial charge >= 0.3 is 0 Å². The molecular formula is C33H48O4. The van der Waals surface area contributed by atoms with Gasteiger partial charge in [0.05, 0.1) is 50.8 Å². The Hall–Kier alpha value is -1.72.